The van der Waals surface area contributed by atoms with Gasteiger partial charge in [0.1, 0.15) is 19.0 Å². The summed E-state index contributed by atoms with van der Waals surface area (Å²) in [5.41, 5.74) is 2.70. The van der Waals surface area contributed by atoms with E-state index in [1.807, 2.05) is 58.0 Å². The van der Waals surface area contributed by atoms with Crippen molar-refractivity contribution < 1.29 is 28.6 Å². The first-order valence-electron chi connectivity index (χ1n) is 10.5. The highest BCUT2D eigenvalue weighted by atomic mass is 16.5. The van der Waals surface area contributed by atoms with E-state index in [4.69, 9.17) is 9.47 Å². The van der Waals surface area contributed by atoms with Crippen molar-refractivity contribution in [1.29, 1.82) is 0 Å². The molecule has 6 heteroatoms. The van der Waals surface area contributed by atoms with E-state index in [0.717, 1.165) is 16.7 Å². The molecule has 0 fully saturated rings. The minimum absolute atomic E-state index is 0.208. The summed E-state index contributed by atoms with van der Waals surface area (Å²) in [7, 11) is 1.17. The molecule has 0 aromatic heterocycles. The van der Waals surface area contributed by atoms with Crippen LogP contribution in [0, 0.1) is 12.3 Å². The molecule has 0 spiro atoms. The minimum atomic E-state index is -0.903. The van der Waals surface area contributed by atoms with Crippen molar-refractivity contribution in [3.05, 3.63) is 70.8 Å². The highest BCUT2D eigenvalue weighted by molar-refractivity contribution is 6.40. The number of carbonyl (C=O) groups is 3. The molecular weight excluding hydrogens is 408 g/mol. The van der Waals surface area contributed by atoms with Crippen LogP contribution in [-0.4, -0.2) is 31.4 Å². The van der Waals surface area contributed by atoms with Crippen LogP contribution in [0.1, 0.15) is 54.2 Å². The molecule has 0 saturated heterocycles. The van der Waals surface area contributed by atoms with Crippen molar-refractivity contribution in [2.45, 2.75) is 40.7 Å². The van der Waals surface area contributed by atoms with E-state index >= 15 is 0 Å². The fraction of sp³-hybridized carbons (Fsp3) is 0.346. The third-order valence-corrected chi connectivity index (χ3v) is 5.33. The molecule has 0 atom stereocenters. The van der Waals surface area contributed by atoms with Gasteiger partial charge in [-0.2, -0.15) is 0 Å². The lowest BCUT2D eigenvalue weighted by molar-refractivity contribution is -0.155. The van der Waals surface area contributed by atoms with E-state index in [2.05, 4.69) is 4.74 Å². The van der Waals surface area contributed by atoms with Crippen LogP contribution >= 0.6 is 0 Å². The maximum absolute atomic E-state index is 12.3. The zero-order valence-corrected chi connectivity index (χ0v) is 19.3. The summed E-state index contributed by atoms with van der Waals surface area (Å²) < 4.78 is 15.7. The lowest BCUT2D eigenvalue weighted by Crippen LogP contribution is -2.25. The summed E-state index contributed by atoms with van der Waals surface area (Å²) in [6.45, 7) is 8.23. The Hall–Kier alpha value is -3.41. The quantitative estimate of drug-likeness (QED) is 0.298. The van der Waals surface area contributed by atoms with E-state index in [1.54, 1.807) is 12.1 Å². The molecule has 0 aliphatic carbocycles. The molecule has 6 nitrogen and oxygen atoms in total. The smallest absolute Gasteiger partial charge is 0.379 e. The molecule has 2 aromatic carbocycles. The van der Waals surface area contributed by atoms with E-state index in [-0.39, 0.29) is 18.1 Å². The van der Waals surface area contributed by atoms with Crippen LogP contribution < -0.4 is 4.74 Å². The summed E-state index contributed by atoms with van der Waals surface area (Å²) in [4.78, 5) is 35.4. The van der Waals surface area contributed by atoms with Crippen LogP contribution in [0.2, 0.25) is 0 Å². The summed E-state index contributed by atoms with van der Waals surface area (Å²) in [6.07, 6.45) is 4.53. The molecule has 2 rings (SSSR count). The van der Waals surface area contributed by atoms with Gasteiger partial charge in [0.05, 0.1) is 12.5 Å². The van der Waals surface area contributed by atoms with Crippen molar-refractivity contribution in [2.24, 2.45) is 5.41 Å². The summed E-state index contributed by atoms with van der Waals surface area (Å²) in [5.74, 6) is -1.25. The van der Waals surface area contributed by atoms with Crippen LogP contribution in [0.15, 0.2) is 48.5 Å². The highest BCUT2D eigenvalue weighted by Gasteiger charge is 2.27. The SMILES string of the molecule is CCC(C)(C)C(=O)OCc1cccc(C)c1C=CCOc1ccc(C(=O)C(=O)OC)cc1. The Morgan fingerprint density at radius 3 is 2.34 bits per heavy atom. The van der Waals surface area contributed by atoms with E-state index < -0.39 is 17.2 Å². The van der Waals surface area contributed by atoms with E-state index in [9.17, 15) is 14.4 Å². The third-order valence-electron chi connectivity index (χ3n) is 5.33. The van der Waals surface area contributed by atoms with Crippen LogP contribution in [0.3, 0.4) is 0 Å². The normalized spacial score (nSPS) is 11.3. The molecule has 0 unspecified atom stereocenters. The molecule has 0 amide bonds. The second kappa shape index (κ2) is 11.3. The van der Waals surface area contributed by atoms with Gasteiger partial charge in [0, 0.05) is 5.56 Å². The molecule has 0 N–H and O–H groups in total. The van der Waals surface area contributed by atoms with Crippen LogP contribution in [0.5, 0.6) is 5.75 Å². The zero-order valence-electron chi connectivity index (χ0n) is 19.3. The molecule has 0 aliphatic rings. The molecule has 0 bridgehead atoms. The summed E-state index contributed by atoms with van der Waals surface area (Å²) >= 11 is 0. The molecule has 0 heterocycles. The number of hydrogen-bond acceptors (Lipinski definition) is 6. The van der Waals surface area contributed by atoms with Crippen molar-refractivity contribution >= 4 is 23.8 Å². The van der Waals surface area contributed by atoms with Gasteiger partial charge in [-0.15, -0.1) is 0 Å². The Balaban J connectivity index is 1.99. The van der Waals surface area contributed by atoms with Gasteiger partial charge in [0.25, 0.3) is 5.78 Å². The number of benzene rings is 2. The maximum Gasteiger partial charge on any atom is 0.379 e. The molecule has 170 valence electrons. The fourth-order valence-corrected chi connectivity index (χ4v) is 2.81. The van der Waals surface area contributed by atoms with Crippen molar-refractivity contribution in [1.82, 2.24) is 0 Å². The lowest BCUT2D eigenvalue weighted by atomic mass is 9.91. The van der Waals surface area contributed by atoms with Crippen LogP contribution in [0.25, 0.3) is 6.08 Å². The Bertz CT molecular complexity index is 986. The number of Topliss-reactive ketones (excluding diaryl/α,β-unsaturated/α-hetero) is 1. The zero-order chi connectivity index (χ0) is 23.7. The predicted octanol–water partition coefficient (Wildman–Crippen LogP) is 4.92. The van der Waals surface area contributed by atoms with Crippen molar-refractivity contribution in [3.8, 4) is 5.75 Å². The number of ketones is 1. The minimum Gasteiger partial charge on any atom is -0.490 e. The van der Waals surface area contributed by atoms with Gasteiger partial charge in [0.2, 0.25) is 0 Å². The Morgan fingerprint density at radius 1 is 1.03 bits per heavy atom. The lowest BCUT2D eigenvalue weighted by Gasteiger charge is -2.21. The maximum atomic E-state index is 12.3. The first kappa shape index (κ1) is 24.9. The van der Waals surface area contributed by atoms with Gasteiger partial charge >= 0.3 is 11.9 Å². The molecule has 0 radical (unpaired) electrons. The van der Waals surface area contributed by atoms with Crippen LogP contribution in [-0.2, 0) is 25.7 Å². The van der Waals surface area contributed by atoms with Crippen molar-refractivity contribution in [2.75, 3.05) is 13.7 Å². The first-order valence-corrected chi connectivity index (χ1v) is 10.5. The largest absolute Gasteiger partial charge is 0.490 e. The molecule has 32 heavy (non-hydrogen) atoms. The van der Waals surface area contributed by atoms with Gasteiger partial charge in [-0.3, -0.25) is 9.59 Å². The molecule has 2 aromatic rings. The summed E-state index contributed by atoms with van der Waals surface area (Å²) in [5, 5.41) is 0. The monoisotopic (exact) mass is 438 g/mol. The number of rotatable bonds is 10. The topological polar surface area (TPSA) is 78.9 Å². The molecule has 0 aliphatic heterocycles. The average Bonchev–Trinajstić information content (AvgIpc) is 2.80. The standard InChI is InChI=1S/C26H30O6/c1-6-26(3,4)25(29)32-17-20-10-7-9-18(2)22(20)11-8-16-31-21-14-12-19(13-15-21)23(27)24(28)30-5/h7-15H,6,16-17H2,1-5H3. The number of carbonyl (C=O) groups excluding carboxylic acids is 3. The van der Waals surface area contributed by atoms with Crippen molar-refractivity contribution in [3.63, 3.8) is 0 Å². The van der Waals surface area contributed by atoms with Gasteiger partial charge in [-0.05, 0) is 74.2 Å². The fourth-order valence-electron chi connectivity index (χ4n) is 2.81. The van der Waals surface area contributed by atoms with Crippen LogP contribution in [0.4, 0.5) is 0 Å². The number of hydrogen-bond donors (Lipinski definition) is 0. The van der Waals surface area contributed by atoms with Gasteiger partial charge in [-0.25, -0.2) is 4.79 Å². The molecular formula is C26H30O6. The number of ether oxygens (including phenoxy) is 3. The van der Waals surface area contributed by atoms with E-state index in [1.165, 1.54) is 19.2 Å². The Labute approximate surface area is 189 Å². The third kappa shape index (κ3) is 6.54. The highest BCUT2D eigenvalue weighted by Crippen LogP contribution is 2.24. The number of aryl methyl sites for hydroxylation is 1. The van der Waals surface area contributed by atoms with Gasteiger partial charge < -0.3 is 14.2 Å². The second-order valence-corrected chi connectivity index (χ2v) is 8.02. The number of methoxy groups -OCH3 is 1. The predicted molar refractivity (Wildman–Crippen MR) is 122 cm³/mol. The molecule has 0 saturated carbocycles. The first-order chi connectivity index (χ1) is 15.2. The summed E-state index contributed by atoms with van der Waals surface area (Å²) in [6, 6.07) is 12.2. The average molecular weight is 439 g/mol. The number of esters is 2. The second-order valence-electron chi connectivity index (χ2n) is 8.02. The van der Waals surface area contributed by atoms with Gasteiger partial charge in [-0.1, -0.05) is 31.2 Å². The Morgan fingerprint density at radius 2 is 1.72 bits per heavy atom. The Kier molecular flexibility index (Phi) is 8.76. The van der Waals surface area contributed by atoms with Gasteiger partial charge in [0.15, 0.2) is 0 Å². The van der Waals surface area contributed by atoms with E-state index in [0.29, 0.717) is 18.8 Å².